The molecule has 0 bridgehead atoms. The lowest BCUT2D eigenvalue weighted by atomic mass is 10.1. The summed E-state index contributed by atoms with van der Waals surface area (Å²) >= 11 is 0. The Morgan fingerprint density at radius 2 is 1.69 bits per heavy atom. The van der Waals surface area contributed by atoms with Crippen LogP contribution < -0.4 is 4.74 Å². The minimum atomic E-state index is -5.76. The first-order valence-electron chi connectivity index (χ1n) is 8.77. The van der Waals surface area contributed by atoms with Gasteiger partial charge in [-0.25, -0.2) is 8.42 Å². The third-order valence-corrected chi connectivity index (χ3v) is 9.78. The molecule has 0 atom stereocenters. The van der Waals surface area contributed by atoms with Gasteiger partial charge < -0.3 is 9.47 Å². The number of hydrogen-bond acceptors (Lipinski definition) is 6. The van der Waals surface area contributed by atoms with Crippen LogP contribution in [-0.4, -0.2) is 38.2 Å². The van der Waals surface area contributed by atoms with E-state index in [0.29, 0.717) is 28.5 Å². The zero-order chi connectivity index (χ0) is 21.3. The van der Waals surface area contributed by atoms with E-state index >= 15 is 0 Å². The number of halogens is 3. The van der Waals surface area contributed by atoms with Crippen molar-refractivity contribution < 1.29 is 39.5 Å². The van der Waals surface area contributed by atoms with Gasteiger partial charge in [-0.2, -0.15) is 21.6 Å². The maximum Gasteiger partial charge on any atom is 0.523 e. The van der Waals surface area contributed by atoms with E-state index in [9.17, 15) is 26.4 Å². The molecule has 0 spiro atoms. The zero-order valence-corrected chi connectivity index (χ0v) is 17.0. The number of alkyl halides is 3. The van der Waals surface area contributed by atoms with Crippen LogP contribution in [0.25, 0.3) is 10.8 Å². The topological polar surface area (TPSA) is 78.9 Å². The second-order valence-electron chi connectivity index (χ2n) is 6.29. The fraction of sp³-hybridized carbons (Fsp3) is 0.389. The number of fused-ring (bicyclic) bond motifs is 1. The molecule has 0 aromatic heterocycles. The van der Waals surface area contributed by atoms with Gasteiger partial charge in [-0.05, 0) is 37.3 Å². The molecule has 0 saturated carbocycles. The van der Waals surface area contributed by atoms with Crippen LogP contribution in [0.3, 0.4) is 0 Å². The van der Waals surface area contributed by atoms with E-state index < -0.39 is 32.1 Å². The van der Waals surface area contributed by atoms with Crippen molar-refractivity contribution in [3.63, 3.8) is 0 Å². The summed E-state index contributed by atoms with van der Waals surface area (Å²) in [5.41, 5.74) is -5.50. The SMILES string of the molecule is CCOC(=O)Oc1cccc2c(S3(OS(=O)(=O)C(F)(F)F)CCCC3)cccc12. The molecule has 3 rings (SSSR count). The Balaban J connectivity index is 2.11. The molecule has 2 aromatic rings. The van der Waals surface area contributed by atoms with Gasteiger partial charge in [0, 0.05) is 21.8 Å². The summed E-state index contributed by atoms with van der Waals surface area (Å²) in [5, 5.41) is 0.924. The van der Waals surface area contributed by atoms with Crippen molar-refractivity contribution in [2.24, 2.45) is 0 Å². The summed E-state index contributed by atoms with van der Waals surface area (Å²) in [6.45, 7) is 1.74. The minimum Gasteiger partial charge on any atom is -0.434 e. The molecule has 2 aromatic carbocycles. The standard InChI is InChI=1S/C18H19F3O6S2/c1-2-25-17(22)26-15-9-5-8-14-13(15)7-6-10-16(14)28(11-3-4-12-28)27-29(23,24)18(19,20)21/h5-10H,2-4,11-12H2,1H3. The first-order valence-corrected chi connectivity index (χ1v) is 12.1. The molecule has 0 aliphatic carbocycles. The smallest absolute Gasteiger partial charge is 0.434 e. The predicted molar refractivity (Wildman–Crippen MR) is 102 cm³/mol. The van der Waals surface area contributed by atoms with E-state index in [2.05, 4.69) is 0 Å². The highest BCUT2D eigenvalue weighted by atomic mass is 32.3. The Morgan fingerprint density at radius 3 is 2.31 bits per heavy atom. The van der Waals surface area contributed by atoms with Crippen LogP contribution in [0.1, 0.15) is 19.8 Å². The Bertz CT molecular complexity index is 1010. The number of carbonyl (C=O) groups is 1. The summed E-state index contributed by atoms with van der Waals surface area (Å²) in [5.74, 6) is 0.559. The normalized spacial score (nSPS) is 17.8. The number of ether oxygens (including phenoxy) is 2. The van der Waals surface area contributed by atoms with Gasteiger partial charge in [0.2, 0.25) is 0 Å². The molecule has 160 valence electrons. The van der Waals surface area contributed by atoms with E-state index in [1.165, 1.54) is 6.07 Å². The second-order valence-corrected chi connectivity index (χ2v) is 11.1. The molecule has 0 N–H and O–H groups in total. The van der Waals surface area contributed by atoms with Crippen molar-refractivity contribution in [2.45, 2.75) is 30.2 Å². The van der Waals surface area contributed by atoms with E-state index in [0.717, 1.165) is 0 Å². The molecule has 0 amide bonds. The molecular formula is C18H19F3O6S2. The van der Waals surface area contributed by atoms with E-state index in [1.54, 1.807) is 37.3 Å². The molecule has 1 fully saturated rings. The molecular weight excluding hydrogens is 433 g/mol. The maximum atomic E-state index is 13.0. The van der Waals surface area contributed by atoms with Crippen molar-refractivity contribution in [1.29, 1.82) is 0 Å². The maximum absolute atomic E-state index is 13.0. The van der Waals surface area contributed by atoms with Crippen molar-refractivity contribution in [1.82, 2.24) is 0 Å². The molecule has 6 nitrogen and oxygen atoms in total. The first kappa shape index (κ1) is 21.7. The molecule has 1 aliphatic rings. The number of rotatable bonds is 5. The highest BCUT2D eigenvalue weighted by molar-refractivity contribution is 8.33. The third kappa shape index (κ3) is 4.31. The van der Waals surface area contributed by atoms with Crippen LogP contribution in [-0.2, 0) is 18.5 Å². The van der Waals surface area contributed by atoms with Gasteiger partial charge in [0.25, 0.3) is 0 Å². The highest BCUT2D eigenvalue weighted by Crippen LogP contribution is 2.65. The van der Waals surface area contributed by atoms with Gasteiger partial charge in [-0.1, -0.05) is 34.6 Å². The lowest BCUT2D eigenvalue weighted by molar-refractivity contribution is -0.0496. The fourth-order valence-corrected chi connectivity index (χ4v) is 8.62. The quantitative estimate of drug-likeness (QED) is 0.356. The van der Waals surface area contributed by atoms with E-state index in [1.807, 2.05) is 0 Å². The van der Waals surface area contributed by atoms with Gasteiger partial charge in [0.05, 0.1) is 6.61 Å². The fourth-order valence-electron chi connectivity index (χ4n) is 3.21. The van der Waals surface area contributed by atoms with Gasteiger partial charge in [-0.3, -0.25) is 0 Å². The number of carbonyl (C=O) groups excluding carboxylic acids is 1. The number of hydrogen-bond donors (Lipinski definition) is 0. The van der Waals surface area contributed by atoms with Gasteiger partial charge in [-0.15, -0.1) is 0 Å². The summed E-state index contributed by atoms with van der Waals surface area (Å²) < 4.78 is 77.4. The molecule has 1 aliphatic heterocycles. The van der Waals surface area contributed by atoms with Crippen LogP contribution >= 0.6 is 10.3 Å². The average molecular weight is 452 g/mol. The lowest BCUT2D eigenvalue weighted by Crippen LogP contribution is -2.27. The van der Waals surface area contributed by atoms with Gasteiger partial charge in [0.1, 0.15) is 5.75 Å². The molecule has 29 heavy (non-hydrogen) atoms. The summed E-state index contributed by atoms with van der Waals surface area (Å²) in [6.07, 6.45) is 0.195. The van der Waals surface area contributed by atoms with Crippen LogP contribution in [0.4, 0.5) is 18.0 Å². The Hall–Kier alpha value is -1.98. The lowest BCUT2D eigenvalue weighted by Gasteiger charge is -2.35. The van der Waals surface area contributed by atoms with Gasteiger partial charge >= 0.3 is 21.8 Å². The average Bonchev–Trinajstić information content (AvgIpc) is 3.09. The monoisotopic (exact) mass is 452 g/mol. The summed E-state index contributed by atoms with van der Waals surface area (Å²) in [6, 6.07) is 9.51. The van der Waals surface area contributed by atoms with Crippen molar-refractivity contribution >= 4 is 37.4 Å². The minimum absolute atomic E-state index is 0.116. The zero-order valence-electron chi connectivity index (χ0n) is 15.4. The largest absolute Gasteiger partial charge is 0.523 e. The van der Waals surface area contributed by atoms with Crippen LogP contribution in [0.15, 0.2) is 41.3 Å². The van der Waals surface area contributed by atoms with Crippen LogP contribution in [0.2, 0.25) is 0 Å². The second kappa shape index (κ2) is 8.04. The Labute approximate surface area is 167 Å². The summed E-state index contributed by atoms with van der Waals surface area (Å²) in [4.78, 5) is 12.1. The van der Waals surface area contributed by atoms with E-state index in [4.69, 9.17) is 13.1 Å². The van der Waals surface area contributed by atoms with Crippen molar-refractivity contribution in [3.05, 3.63) is 36.4 Å². The Kier molecular flexibility index (Phi) is 6.02. The number of benzene rings is 2. The molecule has 11 heteroatoms. The molecule has 1 heterocycles. The Morgan fingerprint density at radius 1 is 1.07 bits per heavy atom. The predicted octanol–water partition coefficient (Wildman–Crippen LogP) is 5.11. The van der Waals surface area contributed by atoms with Crippen molar-refractivity contribution in [2.75, 3.05) is 18.1 Å². The third-order valence-electron chi connectivity index (χ3n) is 4.40. The van der Waals surface area contributed by atoms with Crippen molar-refractivity contribution in [3.8, 4) is 5.75 Å². The van der Waals surface area contributed by atoms with E-state index in [-0.39, 0.29) is 23.9 Å². The molecule has 0 unspecified atom stereocenters. The van der Waals surface area contributed by atoms with Gasteiger partial charge in [0.15, 0.2) is 0 Å². The summed E-state index contributed by atoms with van der Waals surface area (Å²) in [7, 11) is -8.50. The molecule has 0 radical (unpaired) electrons. The first-order chi connectivity index (χ1) is 13.6. The van der Waals surface area contributed by atoms with Crippen LogP contribution in [0, 0.1) is 0 Å². The highest BCUT2D eigenvalue weighted by Gasteiger charge is 2.52. The van der Waals surface area contributed by atoms with Crippen LogP contribution in [0.5, 0.6) is 5.75 Å². The molecule has 1 saturated heterocycles.